The fourth-order valence-corrected chi connectivity index (χ4v) is 5.16. The number of carbonyl (C=O) groups is 2. The first-order chi connectivity index (χ1) is 16.5. The number of rotatable bonds is 8. The molecule has 2 atom stereocenters. The molecule has 7 heteroatoms. The van der Waals surface area contributed by atoms with Crippen LogP contribution in [-0.2, 0) is 11.2 Å². The molecular weight excluding hydrogens is 451 g/mol. The molecule has 2 amide bonds. The highest BCUT2D eigenvalue weighted by atomic mass is 32.1. The van der Waals surface area contributed by atoms with E-state index in [1.807, 2.05) is 43.5 Å². The van der Waals surface area contributed by atoms with Crippen LogP contribution in [0, 0.1) is 5.82 Å². The number of hydrogen-bond acceptors (Lipinski definition) is 4. The number of nitrogens with zero attached hydrogens (tertiary/aromatic N) is 2. The molecule has 5 nitrogen and oxygen atoms in total. The molecule has 0 aliphatic carbocycles. The van der Waals surface area contributed by atoms with Gasteiger partial charge in [-0.15, -0.1) is 11.3 Å². The molecule has 1 aromatic heterocycles. The van der Waals surface area contributed by atoms with E-state index in [1.54, 1.807) is 51.5 Å². The lowest BCUT2D eigenvalue weighted by Crippen LogP contribution is -2.49. The van der Waals surface area contributed by atoms with Crippen LogP contribution in [0.2, 0.25) is 0 Å². The molecule has 0 saturated heterocycles. The summed E-state index contributed by atoms with van der Waals surface area (Å²) in [5.74, 6) is -0.560. The Bertz CT molecular complexity index is 1130. The number of para-hydroxylation sites is 1. The van der Waals surface area contributed by atoms with E-state index >= 15 is 0 Å². The summed E-state index contributed by atoms with van der Waals surface area (Å²) in [6.07, 6.45) is 1.49. The van der Waals surface area contributed by atoms with Crippen molar-refractivity contribution in [3.05, 3.63) is 87.9 Å². The third-order valence-electron chi connectivity index (χ3n) is 6.36. The first-order valence-corrected chi connectivity index (χ1v) is 12.5. The molecule has 0 saturated carbocycles. The van der Waals surface area contributed by atoms with E-state index in [0.717, 1.165) is 18.4 Å². The monoisotopic (exact) mass is 480 g/mol. The lowest BCUT2D eigenvalue weighted by atomic mass is 10.00. The number of halogens is 1. The van der Waals surface area contributed by atoms with Gasteiger partial charge in [-0.1, -0.05) is 37.3 Å². The molecule has 1 aliphatic rings. The van der Waals surface area contributed by atoms with Gasteiger partial charge in [-0.2, -0.15) is 0 Å². The molecule has 0 unspecified atom stereocenters. The van der Waals surface area contributed by atoms with Crippen LogP contribution < -0.4 is 4.74 Å². The Morgan fingerprint density at radius 1 is 1.15 bits per heavy atom. The van der Waals surface area contributed by atoms with Crippen molar-refractivity contribution in [1.29, 1.82) is 0 Å². The third-order valence-corrected chi connectivity index (χ3v) is 7.36. The van der Waals surface area contributed by atoms with Crippen LogP contribution in [0.5, 0.6) is 5.75 Å². The number of benzene rings is 2. The number of amides is 2. The van der Waals surface area contributed by atoms with Gasteiger partial charge in [0.15, 0.2) is 11.6 Å². The molecule has 0 bridgehead atoms. The molecule has 3 aromatic rings. The van der Waals surface area contributed by atoms with E-state index in [4.69, 9.17) is 4.74 Å². The van der Waals surface area contributed by atoms with Gasteiger partial charge in [0.05, 0.1) is 6.04 Å². The second-order valence-corrected chi connectivity index (χ2v) is 9.45. The van der Waals surface area contributed by atoms with E-state index in [9.17, 15) is 14.0 Å². The van der Waals surface area contributed by atoms with Gasteiger partial charge in [0.1, 0.15) is 13.2 Å². The van der Waals surface area contributed by atoms with Gasteiger partial charge in [0.2, 0.25) is 5.91 Å². The molecular formula is C27H29FN2O3S. The molecule has 4 rings (SSSR count). The van der Waals surface area contributed by atoms with Crippen LogP contribution in [0.3, 0.4) is 0 Å². The van der Waals surface area contributed by atoms with Crippen molar-refractivity contribution in [2.24, 2.45) is 0 Å². The zero-order valence-corrected chi connectivity index (χ0v) is 20.3. The molecule has 1 aliphatic heterocycles. The Balaban J connectivity index is 1.55. The number of carbonyl (C=O) groups excluding carboxylic acids is 2. The van der Waals surface area contributed by atoms with Crippen LogP contribution in [-0.4, -0.2) is 47.4 Å². The maximum atomic E-state index is 14.1. The number of fused-ring (bicyclic) bond motifs is 1. The fourth-order valence-electron chi connectivity index (χ4n) is 4.24. The lowest BCUT2D eigenvalue weighted by molar-refractivity contribution is -0.136. The first kappa shape index (κ1) is 24.0. The lowest BCUT2D eigenvalue weighted by Gasteiger charge is -2.38. The summed E-state index contributed by atoms with van der Waals surface area (Å²) in [5, 5.41) is 2.01. The van der Waals surface area contributed by atoms with Crippen LogP contribution >= 0.6 is 11.3 Å². The molecule has 0 spiro atoms. The predicted octanol–water partition coefficient (Wildman–Crippen LogP) is 5.33. The average Bonchev–Trinajstić information content (AvgIpc) is 3.35. The molecule has 178 valence electrons. The Kier molecular flexibility index (Phi) is 7.63. The summed E-state index contributed by atoms with van der Waals surface area (Å²) < 4.78 is 20.0. The SMILES string of the molecule is CC[C@H](C)N(CC(=O)N1CCc2sccc2[C@H]1COc1ccccc1F)C(=O)c1ccccc1. The van der Waals surface area contributed by atoms with Gasteiger partial charge in [-0.25, -0.2) is 4.39 Å². The van der Waals surface area contributed by atoms with Crippen LogP contribution in [0.15, 0.2) is 66.0 Å². The minimum Gasteiger partial charge on any atom is -0.488 e. The van der Waals surface area contributed by atoms with Gasteiger partial charge >= 0.3 is 0 Å². The molecule has 2 heterocycles. The van der Waals surface area contributed by atoms with Crippen molar-refractivity contribution >= 4 is 23.2 Å². The first-order valence-electron chi connectivity index (χ1n) is 11.6. The van der Waals surface area contributed by atoms with Gasteiger partial charge in [-0.3, -0.25) is 9.59 Å². The second kappa shape index (κ2) is 10.8. The maximum absolute atomic E-state index is 14.1. The van der Waals surface area contributed by atoms with Crippen molar-refractivity contribution in [2.45, 2.75) is 38.8 Å². The smallest absolute Gasteiger partial charge is 0.254 e. The molecule has 34 heavy (non-hydrogen) atoms. The van der Waals surface area contributed by atoms with Crippen LogP contribution in [0.25, 0.3) is 0 Å². The topological polar surface area (TPSA) is 49.9 Å². The van der Waals surface area contributed by atoms with Crippen molar-refractivity contribution in [2.75, 3.05) is 19.7 Å². The minimum absolute atomic E-state index is 0.0155. The van der Waals surface area contributed by atoms with E-state index in [1.165, 1.54) is 10.9 Å². The van der Waals surface area contributed by atoms with Gasteiger partial charge < -0.3 is 14.5 Å². The Morgan fingerprint density at radius 2 is 1.88 bits per heavy atom. The highest BCUT2D eigenvalue weighted by Crippen LogP contribution is 2.34. The van der Waals surface area contributed by atoms with Gasteiger partial charge in [0, 0.05) is 23.0 Å². The standard InChI is InChI=1S/C27H29FN2O3S/c1-3-19(2)30(27(32)20-9-5-4-6-10-20)17-26(31)29-15-13-25-21(14-16-34-25)23(29)18-33-24-12-8-7-11-22(24)28/h4-12,14,16,19,23H,3,13,15,17-18H2,1-2H3/t19-,23+/m0/s1. The predicted molar refractivity (Wildman–Crippen MR) is 132 cm³/mol. The zero-order chi connectivity index (χ0) is 24.1. The fraction of sp³-hybridized carbons (Fsp3) is 0.333. The highest BCUT2D eigenvalue weighted by molar-refractivity contribution is 7.10. The third kappa shape index (κ3) is 5.14. The second-order valence-electron chi connectivity index (χ2n) is 8.45. The number of ether oxygens (including phenoxy) is 1. The molecule has 0 N–H and O–H groups in total. The maximum Gasteiger partial charge on any atom is 0.254 e. The van der Waals surface area contributed by atoms with Crippen molar-refractivity contribution < 1.29 is 18.7 Å². The summed E-state index contributed by atoms with van der Waals surface area (Å²) >= 11 is 1.66. The van der Waals surface area contributed by atoms with Gasteiger partial charge in [-0.05, 0) is 61.0 Å². The average molecular weight is 481 g/mol. The minimum atomic E-state index is -0.432. The normalized spacial score (nSPS) is 16.0. The molecule has 2 aromatic carbocycles. The van der Waals surface area contributed by atoms with Crippen molar-refractivity contribution in [3.63, 3.8) is 0 Å². The molecule has 0 radical (unpaired) electrons. The summed E-state index contributed by atoms with van der Waals surface area (Å²) in [5.41, 5.74) is 1.60. The van der Waals surface area contributed by atoms with Crippen molar-refractivity contribution in [1.82, 2.24) is 9.80 Å². The zero-order valence-electron chi connectivity index (χ0n) is 19.4. The highest BCUT2D eigenvalue weighted by Gasteiger charge is 2.34. The molecule has 0 fully saturated rings. The van der Waals surface area contributed by atoms with Crippen LogP contribution in [0.1, 0.15) is 47.1 Å². The van der Waals surface area contributed by atoms with E-state index in [-0.39, 0.29) is 42.8 Å². The number of thiophene rings is 1. The van der Waals surface area contributed by atoms with Crippen LogP contribution in [0.4, 0.5) is 4.39 Å². The Morgan fingerprint density at radius 3 is 2.62 bits per heavy atom. The van der Waals surface area contributed by atoms with E-state index in [2.05, 4.69) is 0 Å². The Labute approximate surface area is 203 Å². The summed E-state index contributed by atoms with van der Waals surface area (Å²) in [4.78, 5) is 31.5. The summed E-state index contributed by atoms with van der Waals surface area (Å²) in [6.45, 7) is 4.63. The van der Waals surface area contributed by atoms with Crippen molar-refractivity contribution in [3.8, 4) is 5.75 Å². The number of hydrogen-bond donors (Lipinski definition) is 0. The quantitative estimate of drug-likeness (QED) is 0.438. The summed E-state index contributed by atoms with van der Waals surface area (Å²) in [7, 11) is 0. The van der Waals surface area contributed by atoms with Gasteiger partial charge in [0.25, 0.3) is 5.91 Å². The largest absolute Gasteiger partial charge is 0.488 e. The Hall–Kier alpha value is -3.19. The van der Waals surface area contributed by atoms with E-state index < -0.39 is 5.82 Å². The summed E-state index contributed by atoms with van der Waals surface area (Å²) in [6, 6.07) is 16.9. The van der Waals surface area contributed by atoms with E-state index in [0.29, 0.717) is 12.1 Å².